The number of anilines is 1. The molecule has 31 heavy (non-hydrogen) atoms. The first-order valence-electron chi connectivity index (χ1n) is 10.1. The van der Waals surface area contributed by atoms with Gasteiger partial charge in [0.25, 0.3) is 5.91 Å². The van der Waals surface area contributed by atoms with Crippen LogP contribution in [0.3, 0.4) is 0 Å². The Hall–Kier alpha value is -3.56. The number of fused-ring (bicyclic) bond motifs is 1. The van der Waals surface area contributed by atoms with Gasteiger partial charge in [-0.15, -0.1) is 0 Å². The van der Waals surface area contributed by atoms with Gasteiger partial charge in [0.1, 0.15) is 23.7 Å². The summed E-state index contributed by atoms with van der Waals surface area (Å²) < 4.78 is 5.76. The molecular weight excluding hydrogens is 400 g/mol. The molecule has 1 aliphatic carbocycles. The van der Waals surface area contributed by atoms with Gasteiger partial charge in [0.05, 0.1) is 28.1 Å². The lowest BCUT2D eigenvalue weighted by atomic mass is 9.97. The van der Waals surface area contributed by atoms with Crippen molar-refractivity contribution in [2.45, 2.75) is 45.1 Å². The molecule has 0 unspecified atom stereocenters. The van der Waals surface area contributed by atoms with Crippen molar-refractivity contribution in [3.05, 3.63) is 40.9 Å². The van der Waals surface area contributed by atoms with Crippen molar-refractivity contribution in [1.29, 1.82) is 0 Å². The number of amides is 1. The van der Waals surface area contributed by atoms with Crippen LogP contribution in [0.4, 0.5) is 5.82 Å². The molecule has 2 aliphatic rings. The minimum Gasteiger partial charge on any atom is -0.478 e. The number of nitrogens with zero attached hydrogens (tertiary/aromatic N) is 5. The van der Waals surface area contributed by atoms with E-state index in [0.717, 1.165) is 12.8 Å². The zero-order valence-electron chi connectivity index (χ0n) is 17.5. The fourth-order valence-corrected chi connectivity index (χ4v) is 3.85. The highest BCUT2D eigenvalue weighted by atomic mass is 16.4. The van der Waals surface area contributed by atoms with Gasteiger partial charge in [-0.05, 0) is 33.6 Å². The van der Waals surface area contributed by atoms with Crippen LogP contribution in [0.1, 0.15) is 63.7 Å². The molecule has 0 aromatic carbocycles. The van der Waals surface area contributed by atoms with E-state index in [2.05, 4.69) is 32.2 Å². The highest BCUT2D eigenvalue weighted by Crippen LogP contribution is 2.40. The van der Waals surface area contributed by atoms with Crippen molar-refractivity contribution < 1.29 is 19.1 Å². The van der Waals surface area contributed by atoms with E-state index in [4.69, 9.17) is 9.52 Å². The number of carbonyl (C=O) groups is 2. The lowest BCUT2D eigenvalue weighted by Crippen LogP contribution is -2.49. The van der Waals surface area contributed by atoms with Gasteiger partial charge in [0.15, 0.2) is 0 Å². The summed E-state index contributed by atoms with van der Waals surface area (Å²) in [4.78, 5) is 43.3. The van der Waals surface area contributed by atoms with Crippen LogP contribution < -0.4 is 5.32 Å². The van der Waals surface area contributed by atoms with Gasteiger partial charge >= 0.3 is 5.97 Å². The van der Waals surface area contributed by atoms with Crippen molar-refractivity contribution in [2.75, 3.05) is 18.4 Å². The van der Waals surface area contributed by atoms with Gasteiger partial charge in [-0.1, -0.05) is 0 Å². The highest BCUT2D eigenvalue weighted by Gasteiger charge is 2.40. The number of likely N-dealkylation sites (tertiary alicyclic amines) is 1. The molecule has 3 aromatic heterocycles. The molecule has 3 aromatic rings. The lowest BCUT2D eigenvalue weighted by Gasteiger charge is -2.38. The van der Waals surface area contributed by atoms with Crippen molar-refractivity contribution in [3.63, 3.8) is 0 Å². The molecule has 160 valence electrons. The number of carboxylic acids is 1. The van der Waals surface area contributed by atoms with Gasteiger partial charge in [0, 0.05) is 24.8 Å². The Morgan fingerprint density at radius 1 is 1.23 bits per heavy atom. The monoisotopic (exact) mass is 422 g/mol. The van der Waals surface area contributed by atoms with Crippen molar-refractivity contribution in [3.8, 4) is 0 Å². The van der Waals surface area contributed by atoms with E-state index in [-0.39, 0.29) is 22.9 Å². The quantitative estimate of drug-likeness (QED) is 0.636. The van der Waals surface area contributed by atoms with Gasteiger partial charge in [-0.2, -0.15) is 0 Å². The summed E-state index contributed by atoms with van der Waals surface area (Å²) in [5.41, 5.74) is 1.36. The normalized spacial score (nSPS) is 17.5. The Bertz CT molecular complexity index is 1230. The minimum absolute atomic E-state index is 0.00800. The lowest BCUT2D eigenvalue weighted by molar-refractivity contribution is 0.0594. The zero-order chi connectivity index (χ0) is 21.9. The maximum Gasteiger partial charge on any atom is 0.339 e. The number of aromatic carboxylic acids is 1. The second kappa shape index (κ2) is 6.73. The molecule has 2 N–H and O–H groups in total. The summed E-state index contributed by atoms with van der Waals surface area (Å²) in [5, 5.41) is 13.2. The molecule has 0 radical (unpaired) electrons. The van der Waals surface area contributed by atoms with Crippen molar-refractivity contribution in [1.82, 2.24) is 24.8 Å². The molecule has 1 aliphatic heterocycles. The Morgan fingerprint density at radius 2 is 1.97 bits per heavy atom. The van der Waals surface area contributed by atoms with E-state index in [1.807, 2.05) is 0 Å². The molecule has 1 amide bonds. The average Bonchev–Trinajstić information content (AvgIpc) is 3.28. The van der Waals surface area contributed by atoms with Gasteiger partial charge < -0.3 is 19.7 Å². The third kappa shape index (κ3) is 3.28. The van der Waals surface area contributed by atoms with Crippen LogP contribution in [0.25, 0.3) is 11.1 Å². The fraction of sp³-hybridized carbons (Fsp3) is 0.429. The van der Waals surface area contributed by atoms with E-state index in [1.165, 1.54) is 12.5 Å². The number of hydrogen-bond acceptors (Lipinski definition) is 8. The molecule has 0 spiro atoms. The molecule has 4 heterocycles. The van der Waals surface area contributed by atoms with Crippen LogP contribution >= 0.6 is 0 Å². The van der Waals surface area contributed by atoms with Crippen LogP contribution in [0, 0.1) is 13.8 Å². The summed E-state index contributed by atoms with van der Waals surface area (Å²) in [7, 11) is 0. The number of aryl methyl sites for hydroxylation is 2. The topological polar surface area (TPSA) is 134 Å². The van der Waals surface area contributed by atoms with E-state index < -0.39 is 5.97 Å². The summed E-state index contributed by atoms with van der Waals surface area (Å²) in [6, 6.07) is 0. The first-order valence-corrected chi connectivity index (χ1v) is 10.1. The Labute approximate surface area is 177 Å². The van der Waals surface area contributed by atoms with Gasteiger partial charge in [0.2, 0.25) is 5.71 Å². The molecule has 10 heteroatoms. The van der Waals surface area contributed by atoms with Crippen LogP contribution in [0.5, 0.6) is 0 Å². The van der Waals surface area contributed by atoms with Crippen molar-refractivity contribution in [2.24, 2.45) is 0 Å². The number of carbonyl (C=O) groups excluding carboxylic acids is 1. The maximum absolute atomic E-state index is 13.3. The number of rotatable bonds is 5. The van der Waals surface area contributed by atoms with E-state index in [1.54, 1.807) is 18.7 Å². The number of aromatic nitrogens is 4. The minimum atomic E-state index is -1.05. The van der Waals surface area contributed by atoms with Crippen molar-refractivity contribution >= 4 is 28.8 Å². The largest absolute Gasteiger partial charge is 0.478 e. The predicted octanol–water partition coefficient (Wildman–Crippen LogP) is 2.53. The van der Waals surface area contributed by atoms with E-state index >= 15 is 0 Å². The number of carboxylic acid groups (broad SMARTS) is 1. The standard InChI is InChI=1S/C21H22N6O4/c1-10-13(20(29)30)6-22-16(25-10)12-7-27(8-12)19(28)14-11(2)31-18-15(14)17(23-9-24-18)26-21(3)4-5-21/h6,9,12H,4-5,7-8H2,1-3H3,(H,29,30)(H,23,24,26). The zero-order valence-corrected chi connectivity index (χ0v) is 17.5. The third-order valence-corrected chi connectivity index (χ3v) is 6.06. The van der Waals surface area contributed by atoms with Crippen LogP contribution in [0.15, 0.2) is 16.9 Å². The SMILES string of the molecule is Cc1nc(C2CN(C(=O)c3c(C)oc4ncnc(NC5(C)CC5)c34)C2)ncc1C(=O)O. The molecule has 0 atom stereocenters. The molecule has 1 saturated heterocycles. The molecule has 2 fully saturated rings. The second-order valence-electron chi connectivity index (χ2n) is 8.56. The molecule has 0 bridgehead atoms. The van der Waals surface area contributed by atoms with Gasteiger partial charge in [-0.25, -0.2) is 24.7 Å². The summed E-state index contributed by atoms with van der Waals surface area (Å²) in [5.74, 6) is 0.431. The fourth-order valence-electron chi connectivity index (χ4n) is 3.85. The Morgan fingerprint density at radius 3 is 2.61 bits per heavy atom. The number of furan rings is 1. The Kier molecular flexibility index (Phi) is 4.21. The molecule has 10 nitrogen and oxygen atoms in total. The summed E-state index contributed by atoms with van der Waals surface area (Å²) in [6.45, 7) is 6.42. The smallest absolute Gasteiger partial charge is 0.339 e. The summed E-state index contributed by atoms with van der Waals surface area (Å²) >= 11 is 0. The van der Waals surface area contributed by atoms with E-state index in [9.17, 15) is 9.59 Å². The highest BCUT2D eigenvalue weighted by molar-refractivity contribution is 6.10. The van der Waals surface area contributed by atoms with E-state index in [0.29, 0.717) is 52.8 Å². The third-order valence-electron chi connectivity index (χ3n) is 6.06. The van der Waals surface area contributed by atoms with Gasteiger partial charge in [-0.3, -0.25) is 4.79 Å². The second-order valence-corrected chi connectivity index (χ2v) is 8.56. The predicted molar refractivity (Wildman–Crippen MR) is 110 cm³/mol. The average molecular weight is 422 g/mol. The van der Waals surface area contributed by atoms with Crippen LogP contribution in [-0.2, 0) is 0 Å². The molecule has 1 saturated carbocycles. The summed E-state index contributed by atoms with van der Waals surface area (Å²) in [6.07, 6.45) is 4.86. The molecule has 5 rings (SSSR count). The van der Waals surface area contributed by atoms with Crippen LogP contribution in [0.2, 0.25) is 0 Å². The number of nitrogens with one attached hydrogen (secondary N) is 1. The first-order chi connectivity index (χ1) is 14.8. The van der Waals surface area contributed by atoms with Crippen LogP contribution in [-0.4, -0.2) is 60.4 Å². The Balaban J connectivity index is 1.39. The number of hydrogen-bond donors (Lipinski definition) is 2. The molecular formula is C21H22N6O4. The maximum atomic E-state index is 13.3. The first kappa shape index (κ1) is 19.4.